The second-order valence-corrected chi connectivity index (χ2v) is 8.53. The van der Waals surface area contributed by atoms with Crippen molar-refractivity contribution in [3.63, 3.8) is 0 Å². The van der Waals surface area contributed by atoms with Crippen LogP contribution in [0.15, 0.2) is 17.9 Å². The number of benzene rings is 1. The molecule has 0 radical (unpaired) electrons. The van der Waals surface area contributed by atoms with Crippen molar-refractivity contribution in [1.82, 2.24) is 5.32 Å². The molecule has 3 rings (SSSR count). The first-order chi connectivity index (χ1) is 11.6. The van der Waals surface area contributed by atoms with E-state index in [0.717, 1.165) is 34.9 Å². The van der Waals surface area contributed by atoms with Crippen LogP contribution < -0.4 is 5.32 Å². The van der Waals surface area contributed by atoms with Gasteiger partial charge in [-0.2, -0.15) is 8.42 Å². The minimum Gasteiger partial charge on any atom is -0.384 e. The van der Waals surface area contributed by atoms with Gasteiger partial charge in [-0.3, -0.25) is 4.79 Å². The molecule has 0 aromatic heterocycles. The monoisotopic (exact) mass is 365 g/mol. The summed E-state index contributed by atoms with van der Waals surface area (Å²) in [5.74, 6) is -0.158. The van der Waals surface area contributed by atoms with Crippen LogP contribution >= 0.6 is 0 Å². The molecule has 1 aromatic rings. The van der Waals surface area contributed by atoms with Gasteiger partial charge in [-0.1, -0.05) is 17.7 Å². The van der Waals surface area contributed by atoms with Crippen LogP contribution in [0.5, 0.6) is 0 Å². The van der Waals surface area contributed by atoms with Crippen molar-refractivity contribution in [2.75, 3.05) is 19.5 Å². The highest BCUT2D eigenvalue weighted by molar-refractivity contribution is 7.86. The van der Waals surface area contributed by atoms with Crippen LogP contribution in [0, 0.1) is 20.8 Å². The third kappa shape index (κ3) is 3.30. The Morgan fingerprint density at radius 2 is 1.84 bits per heavy atom. The normalized spacial score (nSPS) is 23.9. The molecule has 1 spiro atoms. The first-order valence-corrected chi connectivity index (χ1v) is 10.1. The van der Waals surface area contributed by atoms with E-state index in [4.69, 9.17) is 8.92 Å². The minimum absolute atomic E-state index is 0.162. The molecular formula is C18H23NO5S. The smallest absolute Gasteiger partial charge is 0.306 e. The SMILES string of the molecule is Cc1cc(C)c(C2=C(OS(C)(=O)=O)C3(CCCOC3)NC2=O)c(C)c1. The first kappa shape index (κ1) is 17.9. The molecule has 2 aliphatic heterocycles. The third-order valence-corrected chi connectivity index (χ3v) is 5.11. The first-order valence-electron chi connectivity index (χ1n) is 8.26. The van der Waals surface area contributed by atoms with Crippen molar-refractivity contribution < 1.29 is 22.1 Å². The lowest BCUT2D eigenvalue weighted by molar-refractivity contribution is -0.117. The molecule has 1 unspecified atom stereocenters. The molecule has 1 aromatic carbocycles. The highest BCUT2D eigenvalue weighted by Gasteiger charge is 2.50. The van der Waals surface area contributed by atoms with E-state index < -0.39 is 15.7 Å². The van der Waals surface area contributed by atoms with Gasteiger partial charge in [-0.05, 0) is 50.3 Å². The topological polar surface area (TPSA) is 81.7 Å². The Kier molecular flexibility index (Phi) is 4.41. The molecule has 6 nitrogen and oxygen atoms in total. The quantitative estimate of drug-likeness (QED) is 0.829. The Bertz CT molecular complexity index is 840. The summed E-state index contributed by atoms with van der Waals surface area (Å²) in [6.45, 7) is 6.60. The van der Waals surface area contributed by atoms with E-state index in [2.05, 4.69) is 5.32 Å². The summed E-state index contributed by atoms with van der Waals surface area (Å²) in [4.78, 5) is 12.8. The van der Waals surface area contributed by atoms with Crippen LogP contribution in [0.25, 0.3) is 5.57 Å². The van der Waals surface area contributed by atoms with E-state index in [9.17, 15) is 13.2 Å². The Morgan fingerprint density at radius 3 is 2.36 bits per heavy atom. The number of rotatable bonds is 3. The molecule has 7 heteroatoms. The van der Waals surface area contributed by atoms with Gasteiger partial charge in [0.05, 0.1) is 18.4 Å². The highest BCUT2D eigenvalue weighted by atomic mass is 32.2. The van der Waals surface area contributed by atoms with Gasteiger partial charge in [-0.25, -0.2) is 0 Å². The highest BCUT2D eigenvalue weighted by Crippen LogP contribution is 2.41. The Labute approximate surface area is 148 Å². The average molecular weight is 365 g/mol. The lowest BCUT2D eigenvalue weighted by Crippen LogP contribution is -2.51. The van der Waals surface area contributed by atoms with Crippen LogP contribution in [0.2, 0.25) is 0 Å². The number of ether oxygens (including phenoxy) is 1. The summed E-state index contributed by atoms with van der Waals surface area (Å²) in [5, 5.41) is 2.93. The standard InChI is InChI=1S/C18H23NO5S/c1-11-8-12(2)14(13(3)9-11)15-16(24-25(4,21)22)18(19-17(15)20)6-5-7-23-10-18/h8-9H,5-7,10H2,1-4H3,(H,19,20). The Hall–Kier alpha value is -1.86. The molecule has 0 aliphatic carbocycles. The van der Waals surface area contributed by atoms with Crippen LogP contribution in [-0.4, -0.2) is 39.3 Å². The van der Waals surface area contributed by atoms with Crippen molar-refractivity contribution in [1.29, 1.82) is 0 Å². The van der Waals surface area contributed by atoms with Crippen LogP contribution in [0.3, 0.4) is 0 Å². The fourth-order valence-corrected chi connectivity index (χ4v) is 4.37. The molecular weight excluding hydrogens is 342 g/mol. The summed E-state index contributed by atoms with van der Waals surface area (Å²) in [5.41, 5.74) is 3.00. The summed E-state index contributed by atoms with van der Waals surface area (Å²) >= 11 is 0. The van der Waals surface area contributed by atoms with E-state index in [1.807, 2.05) is 32.9 Å². The zero-order chi connectivity index (χ0) is 18.4. The van der Waals surface area contributed by atoms with E-state index in [0.29, 0.717) is 18.6 Å². The molecule has 2 aliphatic rings. The maximum absolute atomic E-state index is 12.8. The number of aryl methyl sites for hydroxylation is 3. The van der Waals surface area contributed by atoms with Gasteiger partial charge in [0.25, 0.3) is 5.91 Å². The lowest BCUT2D eigenvalue weighted by atomic mass is 9.88. The van der Waals surface area contributed by atoms with Crippen molar-refractivity contribution in [2.24, 2.45) is 0 Å². The summed E-state index contributed by atoms with van der Waals surface area (Å²) in [6, 6.07) is 3.95. The maximum Gasteiger partial charge on any atom is 0.306 e. The molecule has 1 atom stereocenters. The van der Waals surface area contributed by atoms with Crippen molar-refractivity contribution in [3.05, 3.63) is 40.1 Å². The summed E-state index contributed by atoms with van der Waals surface area (Å²) < 4.78 is 34.7. The zero-order valence-corrected chi connectivity index (χ0v) is 15.7. The van der Waals surface area contributed by atoms with Gasteiger partial charge < -0.3 is 14.2 Å². The molecule has 1 amide bonds. The van der Waals surface area contributed by atoms with E-state index in [-0.39, 0.29) is 18.3 Å². The molecule has 1 fully saturated rings. The fourth-order valence-electron chi connectivity index (χ4n) is 3.83. The number of hydrogen-bond acceptors (Lipinski definition) is 5. The fraction of sp³-hybridized carbons (Fsp3) is 0.500. The largest absolute Gasteiger partial charge is 0.384 e. The van der Waals surface area contributed by atoms with Gasteiger partial charge in [0.15, 0.2) is 5.76 Å². The van der Waals surface area contributed by atoms with Crippen molar-refractivity contribution >= 4 is 21.6 Å². The van der Waals surface area contributed by atoms with E-state index in [1.54, 1.807) is 0 Å². The van der Waals surface area contributed by atoms with Gasteiger partial charge in [-0.15, -0.1) is 0 Å². The molecule has 25 heavy (non-hydrogen) atoms. The number of nitrogens with one attached hydrogen (secondary N) is 1. The maximum atomic E-state index is 12.8. The van der Waals surface area contributed by atoms with E-state index in [1.165, 1.54) is 0 Å². The molecule has 1 saturated heterocycles. The predicted molar refractivity (Wildman–Crippen MR) is 94.4 cm³/mol. The van der Waals surface area contributed by atoms with Gasteiger partial charge in [0.1, 0.15) is 5.54 Å². The Balaban J connectivity index is 2.26. The van der Waals surface area contributed by atoms with Crippen LogP contribution in [0.4, 0.5) is 0 Å². The Morgan fingerprint density at radius 1 is 1.20 bits per heavy atom. The van der Waals surface area contributed by atoms with Gasteiger partial charge in [0.2, 0.25) is 0 Å². The third-order valence-electron chi connectivity index (χ3n) is 4.64. The molecule has 1 N–H and O–H groups in total. The minimum atomic E-state index is -3.79. The number of carbonyl (C=O) groups is 1. The summed E-state index contributed by atoms with van der Waals surface area (Å²) in [6.07, 6.45) is 2.29. The number of amides is 1. The van der Waals surface area contributed by atoms with Gasteiger partial charge in [0, 0.05) is 6.61 Å². The predicted octanol–water partition coefficient (Wildman–Crippen LogP) is 1.98. The zero-order valence-electron chi connectivity index (χ0n) is 14.9. The molecule has 0 saturated carbocycles. The van der Waals surface area contributed by atoms with Crippen LogP contribution in [-0.2, 0) is 23.8 Å². The molecule has 2 heterocycles. The number of carbonyl (C=O) groups excluding carboxylic acids is 1. The second kappa shape index (κ2) is 6.14. The molecule has 136 valence electrons. The number of hydrogen-bond donors (Lipinski definition) is 1. The molecule has 0 bridgehead atoms. The lowest BCUT2D eigenvalue weighted by Gasteiger charge is -2.34. The van der Waals surface area contributed by atoms with Crippen molar-refractivity contribution in [2.45, 2.75) is 39.2 Å². The average Bonchev–Trinajstić information content (AvgIpc) is 2.70. The summed E-state index contributed by atoms with van der Waals surface area (Å²) in [7, 11) is -3.79. The van der Waals surface area contributed by atoms with Crippen molar-refractivity contribution in [3.8, 4) is 0 Å². The van der Waals surface area contributed by atoms with Crippen LogP contribution in [0.1, 0.15) is 35.1 Å². The second-order valence-electron chi connectivity index (χ2n) is 6.96. The van der Waals surface area contributed by atoms with E-state index >= 15 is 0 Å². The van der Waals surface area contributed by atoms with Gasteiger partial charge >= 0.3 is 10.1 Å².